The number of aryl methyl sites for hydroxylation is 1. The molecule has 256 valence electrons. The van der Waals surface area contributed by atoms with E-state index < -0.39 is 0 Å². The van der Waals surface area contributed by atoms with Crippen molar-refractivity contribution in [3.05, 3.63) is 139 Å². The van der Waals surface area contributed by atoms with Crippen LogP contribution in [0.15, 0.2) is 121 Å². The van der Waals surface area contributed by atoms with E-state index in [2.05, 4.69) is 172 Å². The largest absolute Gasteiger partial charge is 1.00 e. The number of benzene rings is 4. The van der Waals surface area contributed by atoms with Gasteiger partial charge in [-0.25, -0.2) is 4.57 Å². The van der Waals surface area contributed by atoms with Gasteiger partial charge in [0.15, 0.2) is 17.4 Å². The van der Waals surface area contributed by atoms with Crippen molar-refractivity contribution in [2.45, 2.75) is 77.4 Å². The van der Waals surface area contributed by atoms with E-state index in [1.54, 1.807) is 0 Å². The van der Waals surface area contributed by atoms with E-state index in [4.69, 9.17) is 4.42 Å². The highest BCUT2D eigenvalue weighted by Gasteiger charge is 2.41. The summed E-state index contributed by atoms with van der Waals surface area (Å²) in [6.45, 7) is 15.9. The molecule has 0 amide bonds. The molecule has 0 spiro atoms. The summed E-state index contributed by atoms with van der Waals surface area (Å²) in [5, 5.41) is 2.36. The van der Waals surface area contributed by atoms with Crippen LogP contribution in [0.5, 0.6) is 0 Å². The van der Waals surface area contributed by atoms with Gasteiger partial charge in [0, 0.05) is 47.4 Å². The molecular weight excluding hydrogens is 727 g/mol. The van der Waals surface area contributed by atoms with E-state index in [1.807, 2.05) is 0 Å². The maximum absolute atomic E-state index is 6.66. The van der Waals surface area contributed by atoms with Crippen molar-refractivity contribution >= 4 is 27.6 Å². The van der Waals surface area contributed by atoms with E-state index in [0.717, 1.165) is 24.0 Å². The van der Waals surface area contributed by atoms with Crippen molar-refractivity contribution in [2.75, 3.05) is 7.05 Å². The van der Waals surface area contributed by atoms with Gasteiger partial charge < -0.3 is 33.3 Å². The van der Waals surface area contributed by atoms with E-state index in [9.17, 15) is 0 Å². The number of hydrogen-bond acceptors (Lipinski definition) is 2. The SMILES string of the molecule is C=CC1C(CCc2ccc3c(oc4ccccc43)c2[NH+]2C=CN(C)C2C)c2ccccc2-c2n(-c3c(C(C)C)cccc3C(C)C)cc[n+]21.[I-]. The van der Waals surface area contributed by atoms with Crippen LogP contribution in [0.25, 0.3) is 39.0 Å². The molecule has 6 aromatic rings. The zero-order valence-electron chi connectivity index (χ0n) is 30.0. The highest BCUT2D eigenvalue weighted by atomic mass is 127. The average Bonchev–Trinajstić information content (AvgIpc) is 3.81. The minimum atomic E-state index is 0. The van der Waals surface area contributed by atoms with Gasteiger partial charge in [-0.15, -0.1) is 0 Å². The molecule has 8 rings (SSSR count). The molecule has 4 atom stereocenters. The van der Waals surface area contributed by atoms with Gasteiger partial charge in [-0.2, -0.15) is 4.57 Å². The third-order valence-electron chi connectivity index (χ3n) is 11.2. The second-order valence-corrected chi connectivity index (χ2v) is 14.6. The third kappa shape index (κ3) is 5.43. The molecule has 0 saturated heterocycles. The molecule has 2 aliphatic rings. The summed E-state index contributed by atoms with van der Waals surface area (Å²) in [4.78, 5) is 3.61. The van der Waals surface area contributed by atoms with Crippen molar-refractivity contribution in [2.24, 2.45) is 0 Å². The number of para-hydroxylation sites is 2. The topological polar surface area (TPSA) is 29.6 Å². The summed E-state index contributed by atoms with van der Waals surface area (Å²) in [5.74, 6) is 2.33. The Balaban J connectivity index is 0.00000392. The molecular formula is C44H48IN4O+. The first kappa shape index (κ1) is 34.3. The fourth-order valence-electron chi connectivity index (χ4n) is 8.53. The summed E-state index contributed by atoms with van der Waals surface area (Å²) in [7, 11) is 2.16. The first-order chi connectivity index (χ1) is 23.8. The Hall–Kier alpha value is -4.14. The Morgan fingerprint density at radius 1 is 0.900 bits per heavy atom. The van der Waals surface area contributed by atoms with Crippen LogP contribution >= 0.6 is 0 Å². The number of rotatable bonds is 8. The average molecular weight is 776 g/mol. The Morgan fingerprint density at radius 2 is 1.62 bits per heavy atom. The lowest BCUT2D eigenvalue weighted by atomic mass is 9.80. The lowest BCUT2D eigenvalue weighted by Gasteiger charge is -2.30. The van der Waals surface area contributed by atoms with Crippen molar-refractivity contribution in [3.63, 3.8) is 0 Å². The zero-order chi connectivity index (χ0) is 34.0. The molecule has 0 fully saturated rings. The van der Waals surface area contributed by atoms with Gasteiger partial charge in [-0.05, 0) is 54.5 Å². The summed E-state index contributed by atoms with van der Waals surface area (Å²) < 4.78 is 11.6. The predicted molar refractivity (Wildman–Crippen MR) is 201 cm³/mol. The van der Waals surface area contributed by atoms with Crippen LogP contribution in [0, 0.1) is 0 Å². The highest BCUT2D eigenvalue weighted by Crippen LogP contribution is 2.44. The number of furan rings is 1. The molecule has 4 aromatic carbocycles. The standard InChI is InChI=1S/C44H47N4O.HI/c1-8-39-35(22-20-31-21-23-37-36-15-11-12-19-40(36)49-43(37)41(31)46-25-24-45(7)30(46)6)34-14-9-10-16-38(34)44-47(39)26-27-48(44)42-32(28(2)3)17-13-18-33(42)29(4)5;/h8-19,21,23-30,35,39H,1,20,22H2,2-7H3;1H/q+1;. The van der Waals surface area contributed by atoms with Gasteiger partial charge >= 0.3 is 0 Å². The van der Waals surface area contributed by atoms with Crippen LogP contribution in [-0.4, -0.2) is 22.7 Å². The minimum absolute atomic E-state index is 0. The summed E-state index contributed by atoms with van der Waals surface area (Å²) in [5.41, 5.74) is 11.3. The maximum atomic E-state index is 6.66. The first-order valence-electron chi connectivity index (χ1n) is 18.0. The number of imidazole rings is 1. The van der Waals surface area contributed by atoms with Gasteiger partial charge in [0.1, 0.15) is 35.9 Å². The quantitative estimate of drug-likeness (QED) is 0.112. The molecule has 50 heavy (non-hydrogen) atoms. The Labute approximate surface area is 313 Å². The lowest BCUT2D eigenvalue weighted by Crippen LogP contribution is -3.06. The molecule has 1 N–H and O–H groups in total. The maximum Gasteiger partial charge on any atom is 0.294 e. The molecule has 2 aliphatic heterocycles. The van der Waals surface area contributed by atoms with Gasteiger partial charge in [0.25, 0.3) is 5.82 Å². The van der Waals surface area contributed by atoms with Crippen LogP contribution in [0.1, 0.15) is 87.1 Å². The second-order valence-electron chi connectivity index (χ2n) is 14.6. The van der Waals surface area contributed by atoms with Crippen LogP contribution in [-0.2, 0) is 6.42 Å². The first-order valence-corrected chi connectivity index (χ1v) is 18.0. The van der Waals surface area contributed by atoms with E-state index in [1.165, 1.54) is 60.7 Å². The van der Waals surface area contributed by atoms with E-state index in [0.29, 0.717) is 11.8 Å². The normalized spacial score (nSPS) is 19.7. The molecule has 4 unspecified atom stereocenters. The number of allylic oxidation sites excluding steroid dienone is 1. The van der Waals surface area contributed by atoms with Crippen LogP contribution < -0.4 is 33.4 Å². The smallest absolute Gasteiger partial charge is 0.294 e. The molecule has 0 bridgehead atoms. The zero-order valence-corrected chi connectivity index (χ0v) is 32.2. The van der Waals surface area contributed by atoms with Gasteiger partial charge in [0.2, 0.25) is 0 Å². The Kier molecular flexibility index (Phi) is 9.29. The van der Waals surface area contributed by atoms with E-state index >= 15 is 0 Å². The van der Waals surface area contributed by atoms with Crippen molar-refractivity contribution in [1.82, 2.24) is 9.47 Å². The molecule has 0 radical (unpaired) electrons. The monoisotopic (exact) mass is 775 g/mol. The Morgan fingerprint density at radius 3 is 2.32 bits per heavy atom. The number of aromatic nitrogens is 2. The lowest BCUT2D eigenvalue weighted by molar-refractivity contribution is -0.806. The summed E-state index contributed by atoms with van der Waals surface area (Å²) in [6.07, 6.45) is 13.4. The van der Waals surface area contributed by atoms with Crippen LogP contribution in [0.2, 0.25) is 0 Å². The Bertz CT molecular complexity index is 2210. The molecule has 5 nitrogen and oxygen atoms in total. The summed E-state index contributed by atoms with van der Waals surface area (Å²) in [6, 6.07) is 29.1. The molecule has 4 heterocycles. The number of quaternary nitrogens is 1. The number of nitrogens with zero attached hydrogens (tertiary/aromatic N) is 3. The third-order valence-corrected chi connectivity index (χ3v) is 11.2. The number of hydrogen-bond donors (Lipinski definition) is 1. The molecule has 6 heteroatoms. The van der Waals surface area contributed by atoms with Crippen LogP contribution in [0.3, 0.4) is 0 Å². The molecule has 0 saturated carbocycles. The van der Waals surface area contributed by atoms with Gasteiger partial charge in [-0.3, -0.25) is 4.90 Å². The number of fused-ring (bicyclic) bond motifs is 6. The van der Waals surface area contributed by atoms with E-state index in [-0.39, 0.29) is 42.1 Å². The highest BCUT2D eigenvalue weighted by molar-refractivity contribution is 6.08. The predicted octanol–water partition coefficient (Wildman–Crippen LogP) is 6.32. The fourth-order valence-corrected chi connectivity index (χ4v) is 8.53. The molecule has 2 aromatic heterocycles. The minimum Gasteiger partial charge on any atom is -1.00 e. The number of nitrogens with one attached hydrogen (secondary N) is 1. The van der Waals surface area contributed by atoms with Gasteiger partial charge in [-0.1, -0.05) is 94.9 Å². The summed E-state index contributed by atoms with van der Waals surface area (Å²) >= 11 is 0. The van der Waals surface area contributed by atoms with Crippen molar-refractivity contribution in [3.8, 4) is 17.1 Å². The fraction of sp³-hybridized carbons (Fsp3) is 0.295. The van der Waals surface area contributed by atoms with Crippen molar-refractivity contribution < 1.29 is 37.9 Å². The van der Waals surface area contributed by atoms with Crippen molar-refractivity contribution in [1.29, 1.82) is 0 Å². The molecule has 0 aliphatic carbocycles. The number of halogens is 1. The second kappa shape index (κ2) is 13.5. The van der Waals surface area contributed by atoms with Crippen LogP contribution in [0.4, 0.5) is 5.69 Å². The van der Waals surface area contributed by atoms with Gasteiger partial charge in [0.05, 0.1) is 11.8 Å².